The fraction of sp³-hybridized carbons (Fsp3) is 0.250. The Kier molecular flexibility index (Phi) is 3.10. The van der Waals surface area contributed by atoms with E-state index in [-0.39, 0.29) is 12.1 Å². The number of nitro benzene ring substituents is 1. The molecule has 5 nitrogen and oxygen atoms in total. The molecule has 3 N–H and O–H groups in total. The van der Waals surface area contributed by atoms with Gasteiger partial charge in [0.15, 0.2) is 0 Å². The standard InChI is InChI=1S/C8H9FN2O3/c9-8-5(7(12)4-10)2-1-3-6(8)11(13)14/h1-3,7,12H,4,10H2/t7-/m0/s1. The van der Waals surface area contributed by atoms with Crippen molar-refractivity contribution < 1.29 is 14.4 Å². The van der Waals surface area contributed by atoms with Crippen LogP contribution in [0.15, 0.2) is 18.2 Å². The summed E-state index contributed by atoms with van der Waals surface area (Å²) < 4.78 is 13.3. The van der Waals surface area contributed by atoms with Gasteiger partial charge in [-0.25, -0.2) is 0 Å². The Bertz CT molecular complexity index is 356. The summed E-state index contributed by atoms with van der Waals surface area (Å²) in [5.41, 5.74) is 4.30. The van der Waals surface area contributed by atoms with Crippen molar-refractivity contribution >= 4 is 5.69 Å². The van der Waals surface area contributed by atoms with Crippen molar-refractivity contribution in [2.75, 3.05) is 6.54 Å². The molecular weight excluding hydrogens is 191 g/mol. The fourth-order valence-electron chi connectivity index (χ4n) is 1.06. The lowest BCUT2D eigenvalue weighted by atomic mass is 10.1. The molecule has 1 atom stereocenters. The van der Waals surface area contributed by atoms with Crippen LogP contribution in [0.3, 0.4) is 0 Å². The van der Waals surface area contributed by atoms with Crippen LogP contribution in [-0.2, 0) is 0 Å². The maximum atomic E-state index is 13.3. The monoisotopic (exact) mass is 200 g/mol. The van der Waals surface area contributed by atoms with Gasteiger partial charge in [-0.3, -0.25) is 10.1 Å². The number of halogens is 1. The third kappa shape index (κ3) is 1.86. The largest absolute Gasteiger partial charge is 0.387 e. The summed E-state index contributed by atoms with van der Waals surface area (Å²) in [6, 6.07) is 3.59. The molecule has 0 radical (unpaired) electrons. The molecule has 6 heteroatoms. The average molecular weight is 200 g/mol. The summed E-state index contributed by atoms with van der Waals surface area (Å²) in [5.74, 6) is -1.03. The van der Waals surface area contributed by atoms with Gasteiger partial charge in [-0.1, -0.05) is 12.1 Å². The molecule has 0 unspecified atom stereocenters. The Labute approximate surface area is 79.1 Å². The number of benzene rings is 1. The molecule has 1 rings (SSSR count). The van der Waals surface area contributed by atoms with Crippen molar-refractivity contribution in [2.45, 2.75) is 6.10 Å². The van der Waals surface area contributed by atoms with Gasteiger partial charge in [-0.05, 0) is 0 Å². The molecule has 0 fully saturated rings. The molecule has 0 aliphatic heterocycles. The van der Waals surface area contributed by atoms with Gasteiger partial charge in [-0.15, -0.1) is 0 Å². The van der Waals surface area contributed by atoms with Crippen LogP contribution in [0.25, 0.3) is 0 Å². The van der Waals surface area contributed by atoms with Gasteiger partial charge in [0.1, 0.15) is 0 Å². The molecule has 1 aromatic rings. The fourth-order valence-corrected chi connectivity index (χ4v) is 1.06. The highest BCUT2D eigenvalue weighted by Crippen LogP contribution is 2.24. The van der Waals surface area contributed by atoms with Crippen molar-refractivity contribution in [2.24, 2.45) is 5.73 Å². The van der Waals surface area contributed by atoms with E-state index in [9.17, 15) is 19.6 Å². The van der Waals surface area contributed by atoms with E-state index in [1.54, 1.807) is 0 Å². The molecule has 0 saturated heterocycles. The number of nitrogens with two attached hydrogens (primary N) is 1. The maximum Gasteiger partial charge on any atom is 0.305 e. The van der Waals surface area contributed by atoms with Crippen molar-refractivity contribution in [3.63, 3.8) is 0 Å². The van der Waals surface area contributed by atoms with Crippen LogP contribution in [0, 0.1) is 15.9 Å². The van der Waals surface area contributed by atoms with Crippen LogP contribution in [0.4, 0.5) is 10.1 Å². The van der Waals surface area contributed by atoms with Crippen molar-refractivity contribution in [3.8, 4) is 0 Å². The van der Waals surface area contributed by atoms with Crippen molar-refractivity contribution in [3.05, 3.63) is 39.7 Å². The second-order valence-electron chi connectivity index (χ2n) is 2.69. The maximum absolute atomic E-state index is 13.3. The Morgan fingerprint density at radius 2 is 2.29 bits per heavy atom. The van der Waals surface area contributed by atoms with Crippen LogP contribution < -0.4 is 5.73 Å². The van der Waals surface area contributed by atoms with Gasteiger partial charge in [-0.2, -0.15) is 4.39 Å². The number of nitrogens with zero attached hydrogens (tertiary/aromatic N) is 1. The second-order valence-corrected chi connectivity index (χ2v) is 2.69. The predicted molar refractivity (Wildman–Crippen MR) is 47.1 cm³/mol. The third-order valence-electron chi connectivity index (χ3n) is 1.79. The van der Waals surface area contributed by atoms with Crippen molar-refractivity contribution in [1.29, 1.82) is 0 Å². The van der Waals surface area contributed by atoms with E-state index in [2.05, 4.69) is 0 Å². The summed E-state index contributed by atoms with van der Waals surface area (Å²) in [5, 5.41) is 19.6. The first-order valence-corrected chi connectivity index (χ1v) is 3.89. The zero-order chi connectivity index (χ0) is 10.7. The predicted octanol–water partition coefficient (Wildman–Crippen LogP) is 0.726. The van der Waals surface area contributed by atoms with E-state index in [4.69, 9.17) is 5.73 Å². The average Bonchev–Trinajstić information content (AvgIpc) is 2.16. The zero-order valence-electron chi connectivity index (χ0n) is 7.18. The molecule has 0 heterocycles. The number of hydrogen-bond acceptors (Lipinski definition) is 4. The number of rotatable bonds is 3. The van der Waals surface area contributed by atoms with E-state index in [1.807, 2.05) is 0 Å². The van der Waals surface area contributed by atoms with Gasteiger partial charge >= 0.3 is 5.69 Å². The zero-order valence-corrected chi connectivity index (χ0v) is 7.18. The summed E-state index contributed by atoms with van der Waals surface area (Å²) >= 11 is 0. The number of aliphatic hydroxyl groups excluding tert-OH is 1. The lowest BCUT2D eigenvalue weighted by Gasteiger charge is -2.08. The first-order chi connectivity index (χ1) is 6.57. The van der Waals surface area contributed by atoms with Crippen LogP contribution in [0.5, 0.6) is 0 Å². The molecule has 0 bridgehead atoms. The molecule has 1 aromatic carbocycles. The topological polar surface area (TPSA) is 89.4 Å². The highest BCUT2D eigenvalue weighted by Gasteiger charge is 2.20. The van der Waals surface area contributed by atoms with Gasteiger partial charge in [0, 0.05) is 18.2 Å². The molecular formula is C8H9FN2O3. The summed E-state index contributed by atoms with van der Waals surface area (Å²) in [4.78, 5) is 9.49. The lowest BCUT2D eigenvalue weighted by molar-refractivity contribution is -0.387. The van der Waals surface area contributed by atoms with Crippen LogP contribution in [-0.4, -0.2) is 16.6 Å². The Hall–Kier alpha value is -1.53. The highest BCUT2D eigenvalue weighted by molar-refractivity contribution is 5.37. The SMILES string of the molecule is NC[C@H](O)c1cccc([N+](=O)[O-])c1F. The van der Waals surface area contributed by atoms with E-state index >= 15 is 0 Å². The van der Waals surface area contributed by atoms with E-state index in [0.717, 1.165) is 6.07 Å². The summed E-state index contributed by atoms with van der Waals surface area (Å²) in [6.07, 6.45) is -1.21. The smallest absolute Gasteiger partial charge is 0.305 e. The number of nitro groups is 1. The van der Waals surface area contributed by atoms with Crippen LogP contribution in [0.2, 0.25) is 0 Å². The van der Waals surface area contributed by atoms with Crippen molar-refractivity contribution in [1.82, 2.24) is 0 Å². The highest BCUT2D eigenvalue weighted by atomic mass is 19.1. The van der Waals surface area contributed by atoms with Gasteiger partial charge in [0.2, 0.25) is 5.82 Å². The molecule has 14 heavy (non-hydrogen) atoms. The van der Waals surface area contributed by atoms with E-state index < -0.39 is 22.5 Å². The Morgan fingerprint density at radius 1 is 1.64 bits per heavy atom. The number of hydrogen-bond donors (Lipinski definition) is 2. The Balaban J connectivity index is 3.20. The first kappa shape index (κ1) is 10.6. The van der Waals surface area contributed by atoms with E-state index in [0.29, 0.717) is 0 Å². The normalized spacial score (nSPS) is 12.5. The summed E-state index contributed by atoms with van der Waals surface area (Å²) in [6.45, 7) is -0.182. The molecule has 0 saturated carbocycles. The summed E-state index contributed by atoms with van der Waals surface area (Å²) in [7, 11) is 0. The van der Waals surface area contributed by atoms with Gasteiger partial charge in [0.25, 0.3) is 0 Å². The molecule has 0 amide bonds. The Morgan fingerprint density at radius 3 is 2.79 bits per heavy atom. The molecule has 0 aliphatic carbocycles. The number of aliphatic hydroxyl groups is 1. The molecule has 0 aromatic heterocycles. The van der Waals surface area contributed by atoms with Crippen LogP contribution in [0.1, 0.15) is 11.7 Å². The third-order valence-corrected chi connectivity index (χ3v) is 1.79. The van der Waals surface area contributed by atoms with Gasteiger partial charge < -0.3 is 10.8 Å². The quantitative estimate of drug-likeness (QED) is 0.555. The second kappa shape index (κ2) is 4.12. The lowest BCUT2D eigenvalue weighted by Crippen LogP contribution is -2.13. The molecule has 0 aliphatic rings. The molecule has 76 valence electrons. The minimum absolute atomic E-state index is 0.151. The minimum Gasteiger partial charge on any atom is -0.387 e. The van der Waals surface area contributed by atoms with E-state index in [1.165, 1.54) is 12.1 Å². The minimum atomic E-state index is -1.21. The van der Waals surface area contributed by atoms with Crippen LogP contribution >= 0.6 is 0 Å². The molecule has 0 spiro atoms. The van der Waals surface area contributed by atoms with Gasteiger partial charge in [0.05, 0.1) is 11.0 Å². The first-order valence-electron chi connectivity index (χ1n) is 3.89.